The van der Waals surface area contributed by atoms with Crippen LogP contribution in [0.5, 0.6) is 5.75 Å². The standard InChI is InChI=1S/C24H24N6O3/c1-28-23-21-19(26-28)13-25-29(14-15-3-5-17(32-2)6-4-15)20(21)8-7-18-22(23)24(31)30(27-18)16-9-11-33-12-10-16/h3-8,13,16H,9-12,14H2,1-2H3. The second-order valence-electron chi connectivity index (χ2n) is 8.45. The third-order valence-electron chi connectivity index (χ3n) is 6.49. The van der Waals surface area contributed by atoms with Crippen LogP contribution in [0.2, 0.25) is 0 Å². The third-order valence-corrected chi connectivity index (χ3v) is 6.49. The van der Waals surface area contributed by atoms with E-state index in [0.29, 0.717) is 30.7 Å². The van der Waals surface area contributed by atoms with Gasteiger partial charge in [0.05, 0.1) is 53.2 Å². The Bertz CT molecular complexity index is 1540. The van der Waals surface area contributed by atoms with E-state index >= 15 is 0 Å². The molecule has 0 bridgehead atoms. The minimum Gasteiger partial charge on any atom is -0.497 e. The van der Waals surface area contributed by atoms with Gasteiger partial charge in [0.2, 0.25) is 0 Å². The number of aryl methyl sites for hydroxylation is 1. The summed E-state index contributed by atoms with van der Waals surface area (Å²) in [4.78, 5) is 13.6. The molecular weight excluding hydrogens is 420 g/mol. The van der Waals surface area contributed by atoms with E-state index in [9.17, 15) is 4.79 Å². The van der Waals surface area contributed by atoms with Crippen LogP contribution < -0.4 is 10.3 Å². The molecule has 0 spiro atoms. The molecule has 33 heavy (non-hydrogen) atoms. The number of fused-ring (bicyclic) bond motifs is 2. The number of rotatable bonds is 4. The van der Waals surface area contributed by atoms with Gasteiger partial charge in [0.15, 0.2) is 0 Å². The van der Waals surface area contributed by atoms with E-state index in [2.05, 4.69) is 10.2 Å². The summed E-state index contributed by atoms with van der Waals surface area (Å²) in [5.41, 5.74) is 4.14. The first-order valence-electron chi connectivity index (χ1n) is 11.1. The lowest BCUT2D eigenvalue weighted by Gasteiger charge is -2.21. The number of ether oxygens (including phenoxy) is 2. The van der Waals surface area contributed by atoms with Crippen molar-refractivity contribution in [1.82, 2.24) is 29.3 Å². The molecule has 0 N–H and O–H groups in total. The van der Waals surface area contributed by atoms with Gasteiger partial charge in [-0.2, -0.15) is 15.3 Å². The summed E-state index contributed by atoms with van der Waals surface area (Å²) in [7, 11) is 3.52. The van der Waals surface area contributed by atoms with Crippen LogP contribution in [0.15, 0.2) is 47.4 Å². The van der Waals surface area contributed by atoms with Gasteiger partial charge in [-0.1, -0.05) is 12.1 Å². The predicted molar refractivity (Wildman–Crippen MR) is 125 cm³/mol. The van der Waals surface area contributed by atoms with Crippen molar-refractivity contribution in [2.24, 2.45) is 7.05 Å². The molecular formula is C24H24N6O3. The van der Waals surface area contributed by atoms with Crippen molar-refractivity contribution >= 4 is 32.8 Å². The van der Waals surface area contributed by atoms with Crippen molar-refractivity contribution in [2.75, 3.05) is 20.3 Å². The van der Waals surface area contributed by atoms with Crippen molar-refractivity contribution in [3.8, 4) is 5.75 Å². The van der Waals surface area contributed by atoms with Gasteiger partial charge in [0.1, 0.15) is 11.3 Å². The molecule has 9 nitrogen and oxygen atoms in total. The summed E-state index contributed by atoms with van der Waals surface area (Å²) in [6.07, 6.45) is 3.35. The van der Waals surface area contributed by atoms with Gasteiger partial charge in [-0.25, -0.2) is 4.68 Å². The van der Waals surface area contributed by atoms with Crippen molar-refractivity contribution < 1.29 is 9.47 Å². The quantitative estimate of drug-likeness (QED) is 0.423. The van der Waals surface area contributed by atoms with Gasteiger partial charge in [0, 0.05) is 20.3 Å². The minimum absolute atomic E-state index is 0.0622. The van der Waals surface area contributed by atoms with Crippen molar-refractivity contribution in [3.63, 3.8) is 0 Å². The van der Waals surface area contributed by atoms with Gasteiger partial charge in [0.25, 0.3) is 5.56 Å². The van der Waals surface area contributed by atoms with E-state index in [1.165, 1.54) is 0 Å². The fourth-order valence-electron chi connectivity index (χ4n) is 4.80. The summed E-state index contributed by atoms with van der Waals surface area (Å²) in [6.45, 7) is 1.89. The zero-order valence-corrected chi connectivity index (χ0v) is 18.6. The SMILES string of the molecule is COc1ccc(Cn2ncc3nn(C)c4c5c(=O)n(C6CCOCC6)nc5ccc2c34)cc1. The Kier molecular flexibility index (Phi) is 4.65. The van der Waals surface area contributed by atoms with Crippen LogP contribution in [0.1, 0.15) is 24.4 Å². The zero-order chi connectivity index (χ0) is 22.5. The van der Waals surface area contributed by atoms with Crippen LogP contribution >= 0.6 is 0 Å². The molecule has 1 aliphatic heterocycles. The highest BCUT2D eigenvalue weighted by Gasteiger charge is 2.23. The van der Waals surface area contributed by atoms with E-state index in [1.807, 2.05) is 48.1 Å². The molecule has 2 aromatic carbocycles. The Balaban J connectivity index is 1.56. The van der Waals surface area contributed by atoms with Crippen LogP contribution in [-0.2, 0) is 18.3 Å². The maximum absolute atomic E-state index is 13.6. The average molecular weight is 444 g/mol. The molecule has 0 aliphatic carbocycles. The summed E-state index contributed by atoms with van der Waals surface area (Å²) >= 11 is 0. The second kappa shape index (κ2) is 7.70. The summed E-state index contributed by atoms with van der Waals surface area (Å²) in [6, 6.07) is 11.9. The van der Waals surface area contributed by atoms with Crippen molar-refractivity contribution in [2.45, 2.75) is 25.4 Å². The Hall–Kier alpha value is -3.72. The molecule has 3 aromatic heterocycles. The van der Waals surface area contributed by atoms with Gasteiger partial charge >= 0.3 is 0 Å². The molecule has 1 fully saturated rings. The number of hydrogen-bond donors (Lipinski definition) is 0. The van der Waals surface area contributed by atoms with E-state index < -0.39 is 0 Å². The molecule has 6 rings (SSSR count). The Morgan fingerprint density at radius 2 is 1.82 bits per heavy atom. The Morgan fingerprint density at radius 1 is 1.03 bits per heavy atom. The molecule has 9 heteroatoms. The normalized spacial score (nSPS) is 15.1. The Labute approximate surface area is 189 Å². The monoisotopic (exact) mass is 444 g/mol. The van der Waals surface area contributed by atoms with Crippen LogP contribution in [0, 0.1) is 0 Å². The van der Waals surface area contributed by atoms with E-state index in [0.717, 1.165) is 46.1 Å². The molecule has 0 unspecified atom stereocenters. The van der Waals surface area contributed by atoms with E-state index in [4.69, 9.17) is 14.6 Å². The fraction of sp³-hybridized carbons (Fsp3) is 0.333. The van der Waals surface area contributed by atoms with Crippen LogP contribution in [0.4, 0.5) is 0 Å². The second-order valence-corrected chi connectivity index (χ2v) is 8.45. The average Bonchev–Trinajstić information content (AvgIpc) is 3.27. The highest BCUT2D eigenvalue weighted by molar-refractivity contribution is 6.14. The molecule has 0 radical (unpaired) electrons. The Morgan fingerprint density at radius 3 is 2.58 bits per heavy atom. The zero-order valence-electron chi connectivity index (χ0n) is 18.6. The minimum atomic E-state index is -0.0715. The van der Waals surface area contributed by atoms with Crippen LogP contribution in [0.25, 0.3) is 32.8 Å². The lowest BCUT2D eigenvalue weighted by Crippen LogP contribution is -2.27. The third kappa shape index (κ3) is 3.19. The molecule has 0 saturated carbocycles. The van der Waals surface area contributed by atoms with Crippen LogP contribution in [-0.4, -0.2) is 49.7 Å². The first kappa shape index (κ1) is 19.9. The number of nitrogens with zero attached hydrogens (tertiary/aromatic N) is 6. The molecule has 5 aromatic rings. The van der Waals surface area contributed by atoms with Gasteiger partial charge in [-0.05, 0) is 42.7 Å². The molecule has 1 aliphatic rings. The number of hydrogen-bond acceptors (Lipinski definition) is 6. The number of aromatic nitrogens is 6. The first-order valence-corrected chi connectivity index (χ1v) is 11.1. The van der Waals surface area contributed by atoms with Crippen molar-refractivity contribution in [3.05, 3.63) is 58.5 Å². The first-order chi connectivity index (χ1) is 16.1. The summed E-state index contributed by atoms with van der Waals surface area (Å²) in [5, 5.41) is 15.6. The summed E-state index contributed by atoms with van der Waals surface area (Å²) in [5.74, 6) is 0.814. The fourth-order valence-corrected chi connectivity index (χ4v) is 4.80. The molecule has 1 saturated heterocycles. The molecule has 0 atom stereocenters. The lowest BCUT2D eigenvalue weighted by molar-refractivity contribution is 0.0656. The van der Waals surface area contributed by atoms with Gasteiger partial charge in [-0.15, -0.1) is 0 Å². The highest BCUT2D eigenvalue weighted by atomic mass is 16.5. The molecule has 168 valence electrons. The van der Waals surface area contributed by atoms with Gasteiger partial charge in [-0.3, -0.25) is 14.2 Å². The van der Waals surface area contributed by atoms with Crippen LogP contribution in [0.3, 0.4) is 0 Å². The van der Waals surface area contributed by atoms with E-state index in [1.54, 1.807) is 22.7 Å². The highest BCUT2D eigenvalue weighted by Crippen LogP contribution is 2.30. The topological polar surface area (TPSA) is 89.0 Å². The largest absolute Gasteiger partial charge is 0.497 e. The number of benzene rings is 1. The van der Waals surface area contributed by atoms with E-state index in [-0.39, 0.29) is 11.6 Å². The maximum atomic E-state index is 13.6. The maximum Gasteiger partial charge on any atom is 0.278 e. The molecule has 0 amide bonds. The smallest absolute Gasteiger partial charge is 0.278 e. The lowest BCUT2D eigenvalue weighted by atomic mass is 10.1. The predicted octanol–water partition coefficient (Wildman–Crippen LogP) is 3.04. The molecule has 4 heterocycles. The number of methoxy groups -OCH3 is 1. The van der Waals surface area contributed by atoms with Crippen molar-refractivity contribution in [1.29, 1.82) is 0 Å². The van der Waals surface area contributed by atoms with Gasteiger partial charge < -0.3 is 9.47 Å². The summed E-state index contributed by atoms with van der Waals surface area (Å²) < 4.78 is 16.1.